The predicted molar refractivity (Wildman–Crippen MR) is 153 cm³/mol. The molecule has 3 heterocycles. The van der Waals surface area contributed by atoms with Crippen molar-refractivity contribution in [2.45, 2.75) is 39.0 Å². The maximum Gasteiger partial charge on any atom is 0.346 e. The van der Waals surface area contributed by atoms with Gasteiger partial charge in [0.15, 0.2) is 0 Å². The lowest BCUT2D eigenvalue weighted by Gasteiger charge is -2.07. The van der Waals surface area contributed by atoms with Crippen LogP contribution in [0.25, 0.3) is 32.9 Å². The van der Waals surface area contributed by atoms with Crippen LogP contribution in [0.1, 0.15) is 67.4 Å². The van der Waals surface area contributed by atoms with Gasteiger partial charge in [-0.25, -0.2) is 9.18 Å². The highest BCUT2D eigenvalue weighted by molar-refractivity contribution is 7.17. The summed E-state index contributed by atoms with van der Waals surface area (Å²) in [6.45, 7) is 3.69. The Morgan fingerprint density at radius 2 is 1.93 bits per heavy atom. The van der Waals surface area contributed by atoms with Gasteiger partial charge in [-0.1, -0.05) is 23.8 Å². The zero-order chi connectivity index (χ0) is 28.3. The van der Waals surface area contributed by atoms with E-state index in [0.29, 0.717) is 33.8 Å². The van der Waals surface area contributed by atoms with Gasteiger partial charge in [0.1, 0.15) is 21.3 Å². The molecule has 7 nitrogen and oxygen atoms in total. The highest BCUT2D eigenvalue weighted by atomic mass is 32.1. The number of halogens is 1. The first-order valence-electron chi connectivity index (χ1n) is 13.0. The first-order valence-corrected chi connectivity index (χ1v) is 13.8. The van der Waals surface area contributed by atoms with Crippen LogP contribution in [0.2, 0.25) is 0 Å². The number of fused-ring (bicyclic) bond motifs is 2. The van der Waals surface area contributed by atoms with E-state index >= 15 is 0 Å². The molecule has 0 bridgehead atoms. The summed E-state index contributed by atoms with van der Waals surface area (Å²) in [5.74, 6) is -2.41. The summed E-state index contributed by atoms with van der Waals surface area (Å²) in [5.41, 5.74) is 5.58. The monoisotopic (exact) mass is 558 g/mol. The third-order valence-electron chi connectivity index (χ3n) is 7.60. The molecular weight excluding hydrogens is 531 g/mol. The Kier molecular flexibility index (Phi) is 6.35. The number of hydrogen-bond acceptors (Lipinski definition) is 5. The van der Waals surface area contributed by atoms with Gasteiger partial charge in [-0.05, 0) is 68.4 Å². The summed E-state index contributed by atoms with van der Waals surface area (Å²) in [5, 5.41) is 32.3. The van der Waals surface area contributed by atoms with Crippen molar-refractivity contribution in [3.63, 3.8) is 0 Å². The maximum atomic E-state index is 14.0. The highest BCUT2D eigenvalue weighted by Gasteiger charge is 2.35. The Hall–Kier alpha value is -4.21. The average Bonchev–Trinajstić information content (AvgIpc) is 3.42. The molecule has 2 aromatic carbocycles. The second-order valence-electron chi connectivity index (χ2n) is 10.4. The molecule has 0 aliphatic heterocycles. The molecule has 0 saturated heterocycles. The van der Waals surface area contributed by atoms with Crippen LogP contribution in [0, 0.1) is 12.7 Å². The maximum absolute atomic E-state index is 14.0. The molecule has 0 unspecified atom stereocenters. The van der Waals surface area contributed by atoms with Gasteiger partial charge in [-0.3, -0.25) is 4.79 Å². The number of carbonyl (C=O) groups excluding carboxylic acids is 1. The fourth-order valence-electron chi connectivity index (χ4n) is 5.40. The minimum Gasteiger partial charge on any atom is -0.506 e. The number of carbonyl (C=O) groups is 2. The van der Waals surface area contributed by atoms with E-state index in [1.54, 1.807) is 12.3 Å². The van der Waals surface area contributed by atoms with Crippen LogP contribution in [0.4, 0.5) is 4.39 Å². The molecule has 3 aromatic heterocycles. The fraction of sp³-hybridized carbons (Fsp3) is 0.226. The number of allylic oxidation sites excluding steroid dienone is 1. The van der Waals surface area contributed by atoms with Crippen molar-refractivity contribution >= 4 is 44.9 Å². The molecule has 0 radical (unpaired) electrons. The van der Waals surface area contributed by atoms with E-state index in [4.69, 9.17) is 0 Å². The summed E-state index contributed by atoms with van der Waals surface area (Å²) in [6.07, 6.45) is 5.86. The second-order valence-corrected chi connectivity index (χ2v) is 11.4. The molecule has 1 aliphatic carbocycles. The van der Waals surface area contributed by atoms with E-state index in [2.05, 4.69) is 9.97 Å². The highest BCUT2D eigenvalue weighted by Crippen LogP contribution is 2.52. The fourth-order valence-corrected chi connectivity index (χ4v) is 6.39. The van der Waals surface area contributed by atoms with Gasteiger partial charge in [-0.2, -0.15) is 0 Å². The zero-order valence-electron chi connectivity index (χ0n) is 21.9. The summed E-state index contributed by atoms with van der Waals surface area (Å²) >= 11 is 0.749. The summed E-state index contributed by atoms with van der Waals surface area (Å²) in [4.78, 5) is 32.6. The number of aromatic nitrogens is 2. The molecule has 1 saturated carbocycles. The minimum absolute atomic E-state index is 0.0385. The Morgan fingerprint density at radius 1 is 1.15 bits per heavy atom. The third kappa shape index (κ3) is 4.22. The van der Waals surface area contributed by atoms with Crippen LogP contribution in [0.3, 0.4) is 0 Å². The van der Waals surface area contributed by atoms with Crippen molar-refractivity contribution in [2.75, 3.05) is 6.61 Å². The third-order valence-corrected chi connectivity index (χ3v) is 8.77. The molecule has 5 aromatic rings. The van der Waals surface area contributed by atoms with Gasteiger partial charge in [0.25, 0.3) is 0 Å². The van der Waals surface area contributed by atoms with Crippen molar-refractivity contribution in [1.29, 1.82) is 0 Å². The number of aromatic carboxylic acids is 1. The van der Waals surface area contributed by atoms with Gasteiger partial charge in [0.05, 0.1) is 12.2 Å². The molecule has 1 fully saturated rings. The number of hydrogen-bond donors (Lipinski definition) is 5. The number of ketones is 1. The number of rotatable bonds is 8. The Morgan fingerprint density at radius 3 is 2.62 bits per heavy atom. The van der Waals surface area contributed by atoms with E-state index < -0.39 is 17.6 Å². The number of carboxylic acid groups (broad SMARTS) is 1. The van der Waals surface area contributed by atoms with Crippen LogP contribution in [-0.4, -0.2) is 43.6 Å². The number of aromatic amines is 2. The second kappa shape index (κ2) is 9.76. The molecule has 6 rings (SSSR count). The molecule has 40 heavy (non-hydrogen) atoms. The molecule has 0 atom stereocenters. The largest absolute Gasteiger partial charge is 0.506 e. The number of carboxylic acids is 1. The number of nitrogens with one attached hydrogen (secondary N) is 2. The first-order chi connectivity index (χ1) is 19.2. The standard InChI is InChI=1S/C31H27FN2O5S/c1-14(13-35)3-5-16-6-4-15(2)22-20(12-33-25(16)22)27(36)30-28(37)24(29(40-30)31(38)39)23-19-10-9-18(32)11-21(19)34-26(23)17-7-8-17/h3-4,6,9-12,17,33-35,37H,5,7-8,13H2,1-2H3,(H,38,39)/b14-3-. The van der Waals surface area contributed by atoms with E-state index in [1.165, 1.54) is 12.1 Å². The topological polar surface area (TPSA) is 126 Å². The molecule has 0 amide bonds. The van der Waals surface area contributed by atoms with Gasteiger partial charge < -0.3 is 25.3 Å². The normalized spacial score (nSPS) is 13.9. The molecule has 204 valence electrons. The summed E-state index contributed by atoms with van der Waals surface area (Å²) in [7, 11) is 0. The molecular formula is C31H27FN2O5S. The van der Waals surface area contributed by atoms with Crippen LogP contribution >= 0.6 is 11.3 Å². The number of aromatic hydroxyl groups is 1. The number of aliphatic hydroxyl groups is 1. The molecule has 0 spiro atoms. The Labute approximate surface area is 232 Å². The predicted octanol–water partition coefficient (Wildman–Crippen LogP) is 6.82. The smallest absolute Gasteiger partial charge is 0.346 e. The van der Waals surface area contributed by atoms with Crippen molar-refractivity contribution in [3.05, 3.63) is 86.1 Å². The summed E-state index contributed by atoms with van der Waals surface area (Å²) < 4.78 is 14.0. The molecule has 5 N–H and O–H groups in total. The lowest BCUT2D eigenvalue weighted by atomic mass is 9.96. The van der Waals surface area contributed by atoms with E-state index in [0.717, 1.165) is 52.1 Å². The Bertz CT molecular complexity index is 1870. The van der Waals surface area contributed by atoms with Gasteiger partial charge in [0.2, 0.25) is 5.78 Å². The van der Waals surface area contributed by atoms with Crippen molar-refractivity contribution in [1.82, 2.24) is 9.97 Å². The van der Waals surface area contributed by atoms with E-state index in [9.17, 15) is 29.3 Å². The van der Waals surface area contributed by atoms with E-state index in [1.807, 2.05) is 32.1 Å². The lowest BCUT2D eigenvalue weighted by molar-refractivity contribution is 0.0702. The average molecular weight is 559 g/mol. The van der Waals surface area contributed by atoms with Crippen LogP contribution in [0.15, 0.2) is 48.2 Å². The van der Waals surface area contributed by atoms with Crippen LogP contribution in [0.5, 0.6) is 5.75 Å². The van der Waals surface area contributed by atoms with E-state index in [-0.39, 0.29) is 33.6 Å². The number of H-pyrrole nitrogens is 2. The number of aliphatic hydroxyl groups excluding tert-OH is 1. The molecule has 9 heteroatoms. The lowest BCUT2D eigenvalue weighted by Crippen LogP contribution is -1.99. The Balaban J connectivity index is 1.52. The van der Waals surface area contributed by atoms with Gasteiger partial charge >= 0.3 is 5.97 Å². The quantitative estimate of drug-likeness (QED) is 0.106. The van der Waals surface area contributed by atoms with Crippen LogP contribution in [-0.2, 0) is 6.42 Å². The summed E-state index contributed by atoms with van der Waals surface area (Å²) in [6, 6.07) is 8.11. The van der Waals surface area contributed by atoms with Gasteiger partial charge in [0, 0.05) is 44.8 Å². The zero-order valence-corrected chi connectivity index (χ0v) is 22.7. The van der Waals surface area contributed by atoms with Gasteiger partial charge in [-0.15, -0.1) is 11.3 Å². The number of aryl methyl sites for hydroxylation is 1. The van der Waals surface area contributed by atoms with Crippen molar-refractivity contribution in [3.8, 4) is 16.9 Å². The van der Waals surface area contributed by atoms with Crippen LogP contribution < -0.4 is 0 Å². The SMILES string of the molecule is C/C(=C/Cc1ccc(C)c2c(C(=O)c3sc(C(=O)O)c(-c4c(C5CC5)[nH]c5cc(F)ccc45)c3O)c[nH]c12)CO. The molecule has 1 aliphatic rings. The first kappa shape index (κ1) is 26.0. The number of benzene rings is 2. The number of thiophene rings is 1. The van der Waals surface area contributed by atoms with Crippen molar-refractivity contribution < 1.29 is 29.3 Å². The minimum atomic E-state index is -1.25. The van der Waals surface area contributed by atoms with Crippen molar-refractivity contribution in [2.24, 2.45) is 0 Å².